The molecule has 2 aromatic heterocycles. The molecule has 0 aliphatic heterocycles. The minimum absolute atomic E-state index is 0.0310. The van der Waals surface area contributed by atoms with E-state index in [1.54, 1.807) is 17.8 Å². The molecule has 25 heavy (non-hydrogen) atoms. The Kier molecular flexibility index (Phi) is 4.66. The Labute approximate surface area is 146 Å². The number of hydrogen-bond acceptors (Lipinski definition) is 6. The van der Waals surface area contributed by atoms with Crippen LogP contribution in [-0.2, 0) is 23.1 Å². The summed E-state index contributed by atoms with van der Waals surface area (Å²) >= 11 is 1.32. The van der Waals surface area contributed by atoms with Gasteiger partial charge in [0.05, 0.1) is 24.4 Å². The molecular formula is C16H16N4O4S. The molecule has 9 heteroatoms. The maximum absolute atomic E-state index is 12.6. The van der Waals surface area contributed by atoms with Crippen LogP contribution >= 0.6 is 11.3 Å². The molecule has 0 radical (unpaired) electrons. The first kappa shape index (κ1) is 16.9. The Morgan fingerprint density at radius 2 is 2.04 bits per heavy atom. The third-order valence-electron chi connectivity index (χ3n) is 3.52. The average molecular weight is 360 g/mol. The van der Waals surface area contributed by atoms with Gasteiger partial charge in [0.15, 0.2) is 4.80 Å². The van der Waals surface area contributed by atoms with Crippen molar-refractivity contribution in [3.05, 3.63) is 40.8 Å². The number of benzene rings is 1. The number of fused-ring (bicyclic) bond motifs is 1. The molecule has 8 nitrogen and oxygen atoms in total. The molecule has 130 valence electrons. The molecule has 3 aromatic rings. The summed E-state index contributed by atoms with van der Waals surface area (Å²) in [5.74, 6) is -0.705. The third-order valence-corrected chi connectivity index (χ3v) is 4.58. The van der Waals surface area contributed by atoms with E-state index in [1.807, 2.05) is 24.3 Å². The first-order valence-corrected chi connectivity index (χ1v) is 8.17. The van der Waals surface area contributed by atoms with Crippen LogP contribution in [0.25, 0.3) is 10.2 Å². The number of methoxy groups -OCH3 is 2. The van der Waals surface area contributed by atoms with Crippen LogP contribution in [0.1, 0.15) is 10.4 Å². The second kappa shape index (κ2) is 6.89. The highest BCUT2D eigenvalue weighted by atomic mass is 32.1. The van der Waals surface area contributed by atoms with E-state index in [0.29, 0.717) is 4.80 Å². The van der Waals surface area contributed by atoms with Gasteiger partial charge in [-0.1, -0.05) is 23.5 Å². The zero-order valence-electron chi connectivity index (χ0n) is 13.9. The van der Waals surface area contributed by atoms with Crippen LogP contribution in [0.15, 0.2) is 35.5 Å². The van der Waals surface area contributed by atoms with Crippen LogP contribution in [0.3, 0.4) is 0 Å². The van der Waals surface area contributed by atoms with Gasteiger partial charge in [0.2, 0.25) is 5.88 Å². The van der Waals surface area contributed by atoms with Crippen molar-refractivity contribution in [3.8, 4) is 5.88 Å². The Bertz CT molecular complexity index is 1010. The van der Waals surface area contributed by atoms with E-state index in [-0.39, 0.29) is 18.0 Å². The standard InChI is InChI=1S/C16H16N4O4S/c1-19-8-10(15(18-19)24-3)14(22)17-16-20(9-13(21)23-2)11-6-4-5-7-12(11)25-16/h4-8H,9H2,1-3H3. The highest BCUT2D eigenvalue weighted by Crippen LogP contribution is 2.18. The average Bonchev–Trinajstić information content (AvgIpc) is 3.15. The number of hydrogen-bond donors (Lipinski definition) is 0. The Morgan fingerprint density at radius 1 is 1.28 bits per heavy atom. The van der Waals surface area contributed by atoms with E-state index in [0.717, 1.165) is 10.2 Å². The van der Waals surface area contributed by atoms with Crippen molar-refractivity contribution in [3.63, 3.8) is 0 Å². The molecule has 0 spiro atoms. The smallest absolute Gasteiger partial charge is 0.325 e. The highest BCUT2D eigenvalue weighted by molar-refractivity contribution is 7.16. The van der Waals surface area contributed by atoms with E-state index in [2.05, 4.69) is 10.1 Å². The van der Waals surface area contributed by atoms with Crippen molar-refractivity contribution in [1.82, 2.24) is 14.3 Å². The normalized spacial score (nSPS) is 11.7. The zero-order valence-corrected chi connectivity index (χ0v) is 14.7. The maximum atomic E-state index is 12.6. The van der Waals surface area contributed by atoms with Crippen LogP contribution in [0.2, 0.25) is 0 Å². The fraction of sp³-hybridized carbons (Fsp3) is 0.250. The molecule has 0 saturated heterocycles. The summed E-state index contributed by atoms with van der Waals surface area (Å²) in [7, 11) is 4.45. The molecule has 0 atom stereocenters. The van der Waals surface area contributed by atoms with E-state index in [9.17, 15) is 9.59 Å². The molecule has 0 bridgehead atoms. The Morgan fingerprint density at radius 3 is 2.76 bits per heavy atom. The molecule has 0 unspecified atom stereocenters. The number of esters is 1. The van der Waals surface area contributed by atoms with E-state index >= 15 is 0 Å². The number of carbonyl (C=O) groups excluding carboxylic acids is 2. The first-order chi connectivity index (χ1) is 12.0. The predicted octanol–water partition coefficient (Wildman–Crippen LogP) is 1.36. The quantitative estimate of drug-likeness (QED) is 0.656. The van der Waals surface area contributed by atoms with Crippen LogP contribution in [0.5, 0.6) is 5.88 Å². The van der Waals surface area contributed by atoms with Crippen molar-refractivity contribution in [2.75, 3.05) is 14.2 Å². The molecule has 0 fully saturated rings. The van der Waals surface area contributed by atoms with E-state index < -0.39 is 11.9 Å². The molecular weight excluding hydrogens is 344 g/mol. The van der Waals surface area contributed by atoms with Gasteiger partial charge < -0.3 is 14.0 Å². The Hall–Kier alpha value is -2.94. The molecule has 1 aromatic carbocycles. The zero-order chi connectivity index (χ0) is 18.0. The Balaban J connectivity index is 2.13. The summed E-state index contributed by atoms with van der Waals surface area (Å²) in [6.07, 6.45) is 1.54. The van der Waals surface area contributed by atoms with Crippen molar-refractivity contribution < 1.29 is 19.1 Å². The van der Waals surface area contributed by atoms with Gasteiger partial charge in [-0.05, 0) is 12.1 Å². The van der Waals surface area contributed by atoms with Gasteiger partial charge in [-0.25, -0.2) is 0 Å². The highest BCUT2D eigenvalue weighted by Gasteiger charge is 2.17. The largest absolute Gasteiger partial charge is 0.479 e. The number of rotatable bonds is 4. The van der Waals surface area contributed by atoms with Gasteiger partial charge in [0.25, 0.3) is 5.91 Å². The molecule has 0 aliphatic carbocycles. The number of aromatic nitrogens is 3. The van der Waals surface area contributed by atoms with Gasteiger partial charge in [-0.3, -0.25) is 14.3 Å². The number of carbonyl (C=O) groups is 2. The number of para-hydroxylation sites is 1. The molecule has 0 aliphatic rings. The topological polar surface area (TPSA) is 87.7 Å². The second-order valence-electron chi connectivity index (χ2n) is 5.16. The third kappa shape index (κ3) is 3.31. The lowest BCUT2D eigenvalue weighted by atomic mass is 10.3. The van der Waals surface area contributed by atoms with Crippen molar-refractivity contribution in [1.29, 1.82) is 0 Å². The minimum Gasteiger partial charge on any atom is -0.479 e. The van der Waals surface area contributed by atoms with E-state index in [4.69, 9.17) is 9.47 Å². The predicted molar refractivity (Wildman–Crippen MR) is 91.5 cm³/mol. The summed E-state index contributed by atoms with van der Waals surface area (Å²) < 4.78 is 13.9. The number of nitrogens with zero attached hydrogens (tertiary/aromatic N) is 4. The van der Waals surface area contributed by atoms with Crippen molar-refractivity contribution >= 4 is 33.4 Å². The lowest BCUT2D eigenvalue weighted by molar-refractivity contribution is -0.141. The number of aryl methyl sites for hydroxylation is 1. The molecule has 0 saturated carbocycles. The summed E-state index contributed by atoms with van der Waals surface area (Å²) in [5, 5.41) is 4.05. The fourth-order valence-corrected chi connectivity index (χ4v) is 3.39. The van der Waals surface area contributed by atoms with Crippen molar-refractivity contribution in [2.24, 2.45) is 12.0 Å². The van der Waals surface area contributed by atoms with Gasteiger partial charge >= 0.3 is 5.97 Å². The van der Waals surface area contributed by atoms with E-state index in [1.165, 1.54) is 30.2 Å². The summed E-state index contributed by atoms with van der Waals surface area (Å²) in [6.45, 7) is -0.0310. The lowest BCUT2D eigenvalue weighted by Gasteiger charge is -2.03. The monoisotopic (exact) mass is 360 g/mol. The summed E-state index contributed by atoms with van der Waals surface area (Å²) in [6, 6.07) is 7.51. The van der Waals surface area contributed by atoms with Crippen LogP contribution in [0.4, 0.5) is 0 Å². The molecule has 2 heterocycles. The van der Waals surface area contributed by atoms with Crippen molar-refractivity contribution in [2.45, 2.75) is 6.54 Å². The van der Waals surface area contributed by atoms with Gasteiger partial charge in [0, 0.05) is 13.2 Å². The second-order valence-corrected chi connectivity index (χ2v) is 6.17. The summed E-state index contributed by atoms with van der Waals surface area (Å²) in [4.78, 5) is 28.9. The van der Waals surface area contributed by atoms with Crippen LogP contribution in [0, 0.1) is 0 Å². The van der Waals surface area contributed by atoms with Gasteiger partial charge in [-0.15, -0.1) is 5.10 Å². The van der Waals surface area contributed by atoms with Gasteiger partial charge in [0.1, 0.15) is 12.1 Å². The molecule has 3 rings (SSSR count). The minimum atomic E-state index is -0.491. The fourth-order valence-electron chi connectivity index (χ4n) is 2.37. The maximum Gasteiger partial charge on any atom is 0.325 e. The number of thiazole rings is 1. The first-order valence-electron chi connectivity index (χ1n) is 7.35. The molecule has 1 amide bonds. The van der Waals surface area contributed by atoms with Crippen LogP contribution < -0.4 is 9.54 Å². The summed E-state index contributed by atoms with van der Waals surface area (Å²) in [5.41, 5.74) is 1.06. The van der Waals surface area contributed by atoms with Crippen LogP contribution in [-0.4, -0.2) is 40.4 Å². The number of amides is 1. The van der Waals surface area contributed by atoms with Gasteiger partial charge in [-0.2, -0.15) is 4.99 Å². The SMILES string of the molecule is COC(=O)Cn1c(=NC(=O)c2cn(C)nc2OC)sc2ccccc21. The molecule has 0 N–H and O–H groups in total. The lowest BCUT2D eigenvalue weighted by Crippen LogP contribution is -2.22. The number of ether oxygens (including phenoxy) is 2.